The molecule has 0 radical (unpaired) electrons. The molecule has 0 aliphatic heterocycles. The number of pyridine rings is 1. The Hall–Kier alpha value is -1.49. The van der Waals surface area contributed by atoms with Crippen LogP contribution in [0.3, 0.4) is 0 Å². The average molecular weight is 207 g/mol. The van der Waals surface area contributed by atoms with Crippen LogP contribution >= 0.6 is 11.8 Å². The molecule has 0 amide bonds. The van der Waals surface area contributed by atoms with Crippen LogP contribution in [0.5, 0.6) is 0 Å². The monoisotopic (exact) mass is 207 g/mol. The standard InChI is InChI=1S/C9H9N3OS/c1-14-6-2-3-7(11-5-6)8-4-9(10)12-13-8/h2-5H,1H3,(H2,10,12). The number of aromatic nitrogens is 2. The predicted octanol–water partition coefficient (Wildman–Crippen LogP) is 2.04. The van der Waals surface area contributed by atoms with E-state index < -0.39 is 0 Å². The van der Waals surface area contributed by atoms with Crippen molar-refractivity contribution in [1.82, 2.24) is 10.1 Å². The fourth-order valence-corrected chi connectivity index (χ4v) is 1.42. The van der Waals surface area contributed by atoms with Crippen molar-refractivity contribution in [1.29, 1.82) is 0 Å². The number of nitrogens with two attached hydrogens (primary N) is 1. The first-order valence-electron chi connectivity index (χ1n) is 4.02. The summed E-state index contributed by atoms with van der Waals surface area (Å²) in [6.45, 7) is 0. The van der Waals surface area contributed by atoms with Gasteiger partial charge in [-0.3, -0.25) is 4.98 Å². The number of nitrogens with zero attached hydrogens (tertiary/aromatic N) is 2. The molecule has 4 nitrogen and oxygen atoms in total. The number of hydrogen-bond acceptors (Lipinski definition) is 5. The minimum atomic E-state index is 0.371. The van der Waals surface area contributed by atoms with Gasteiger partial charge in [0.1, 0.15) is 5.69 Å². The van der Waals surface area contributed by atoms with Gasteiger partial charge in [-0.15, -0.1) is 11.8 Å². The van der Waals surface area contributed by atoms with Gasteiger partial charge in [0.2, 0.25) is 0 Å². The Morgan fingerprint density at radius 3 is 2.79 bits per heavy atom. The van der Waals surface area contributed by atoms with Crippen molar-refractivity contribution in [2.24, 2.45) is 0 Å². The van der Waals surface area contributed by atoms with Crippen molar-refractivity contribution in [2.45, 2.75) is 4.90 Å². The van der Waals surface area contributed by atoms with Crippen molar-refractivity contribution in [3.8, 4) is 11.5 Å². The highest BCUT2D eigenvalue weighted by Gasteiger charge is 2.05. The molecule has 0 spiro atoms. The summed E-state index contributed by atoms with van der Waals surface area (Å²) in [6.07, 6.45) is 3.79. The van der Waals surface area contributed by atoms with E-state index in [9.17, 15) is 0 Å². The second-order valence-electron chi connectivity index (χ2n) is 2.70. The zero-order valence-electron chi connectivity index (χ0n) is 7.60. The maximum atomic E-state index is 5.44. The molecule has 0 aliphatic carbocycles. The van der Waals surface area contributed by atoms with Crippen LogP contribution in [0.15, 0.2) is 33.8 Å². The summed E-state index contributed by atoms with van der Waals surface area (Å²) in [5.74, 6) is 0.964. The van der Waals surface area contributed by atoms with Crippen molar-refractivity contribution in [3.63, 3.8) is 0 Å². The number of anilines is 1. The maximum absolute atomic E-state index is 5.44. The quantitative estimate of drug-likeness (QED) is 0.763. The second-order valence-corrected chi connectivity index (χ2v) is 3.58. The van der Waals surface area contributed by atoms with E-state index in [2.05, 4.69) is 10.1 Å². The summed E-state index contributed by atoms with van der Waals surface area (Å²) in [5, 5.41) is 3.59. The highest BCUT2D eigenvalue weighted by Crippen LogP contribution is 2.21. The van der Waals surface area contributed by atoms with E-state index in [1.807, 2.05) is 18.4 Å². The number of nitrogen functional groups attached to an aromatic ring is 1. The molecule has 2 aromatic heterocycles. The highest BCUT2D eigenvalue weighted by atomic mass is 32.2. The van der Waals surface area contributed by atoms with Crippen LogP contribution in [-0.2, 0) is 0 Å². The minimum Gasteiger partial charge on any atom is -0.381 e. The van der Waals surface area contributed by atoms with Gasteiger partial charge in [-0.05, 0) is 18.4 Å². The summed E-state index contributed by atoms with van der Waals surface area (Å²) < 4.78 is 4.98. The van der Waals surface area contributed by atoms with Crippen LogP contribution in [0.25, 0.3) is 11.5 Å². The van der Waals surface area contributed by atoms with Crippen LogP contribution < -0.4 is 5.73 Å². The summed E-state index contributed by atoms with van der Waals surface area (Å²) in [7, 11) is 0. The van der Waals surface area contributed by atoms with E-state index in [-0.39, 0.29) is 0 Å². The first-order valence-corrected chi connectivity index (χ1v) is 5.24. The van der Waals surface area contributed by atoms with E-state index in [0.717, 1.165) is 10.6 Å². The molecule has 2 aromatic rings. The summed E-state index contributed by atoms with van der Waals surface area (Å²) in [5.41, 5.74) is 6.18. The second kappa shape index (κ2) is 3.71. The first kappa shape index (κ1) is 9.08. The third-order valence-electron chi connectivity index (χ3n) is 1.75. The molecule has 0 bridgehead atoms. The van der Waals surface area contributed by atoms with Gasteiger partial charge in [0.05, 0.1) is 0 Å². The Morgan fingerprint density at radius 2 is 2.29 bits per heavy atom. The molecular weight excluding hydrogens is 198 g/mol. The fourth-order valence-electron chi connectivity index (χ4n) is 1.06. The molecule has 0 aromatic carbocycles. The zero-order chi connectivity index (χ0) is 9.97. The third kappa shape index (κ3) is 1.72. The predicted molar refractivity (Wildman–Crippen MR) is 55.9 cm³/mol. The topological polar surface area (TPSA) is 64.9 Å². The van der Waals surface area contributed by atoms with Gasteiger partial charge in [-0.1, -0.05) is 5.16 Å². The van der Waals surface area contributed by atoms with Crippen molar-refractivity contribution >= 4 is 17.6 Å². The van der Waals surface area contributed by atoms with Gasteiger partial charge in [-0.25, -0.2) is 0 Å². The van der Waals surface area contributed by atoms with Gasteiger partial charge in [0, 0.05) is 17.2 Å². The lowest BCUT2D eigenvalue weighted by Gasteiger charge is -1.96. The molecular formula is C9H9N3OS. The van der Waals surface area contributed by atoms with E-state index in [0.29, 0.717) is 11.6 Å². The van der Waals surface area contributed by atoms with Crippen molar-refractivity contribution in [2.75, 3.05) is 12.0 Å². The molecule has 2 rings (SSSR count). The van der Waals surface area contributed by atoms with Crippen molar-refractivity contribution < 1.29 is 4.52 Å². The molecule has 72 valence electrons. The Balaban J connectivity index is 2.33. The Morgan fingerprint density at radius 1 is 1.43 bits per heavy atom. The Labute approximate surface area is 85.5 Å². The number of hydrogen-bond donors (Lipinski definition) is 1. The largest absolute Gasteiger partial charge is 0.381 e. The summed E-state index contributed by atoms with van der Waals surface area (Å²) >= 11 is 1.64. The van der Waals surface area contributed by atoms with Gasteiger partial charge in [-0.2, -0.15) is 0 Å². The van der Waals surface area contributed by atoms with Crippen LogP contribution in [-0.4, -0.2) is 16.4 Å². The van der Waals surface area contributed by atoms with E-state index >= 15 is 0 Å². The summed E-state index contributed by atoms with van der Waals surface area (Å²) in [6, 6.07) is 5.51. The fraction of sp³-hybridized carbons (Fsp3) is 0.111. The smallest absolute Gasteiger partial charge is 0.187 e. The maximum Gasteiger partial charge on any atom is 0.187 e. The van der Waals surface area contributed by atoms with E-state index in [1.54, 1.807) is 24.0 Å². The molecule has 2 heterocycles. The van der Waals surface area contributed by atoms with Crippen LogP contribution in [0.2, 0.25) is 0 Å². The normalized spacial score (nSPS) is 10.4. The van der Waals surface area contributed by atoms with Crippen LogP contribution in [0.1, 0.15) is 0 Å². The molecule has 0 saturated heterocycles. The molecule has 0 aliphatic rings. The molecule has 5 heteroatoms. The molecule has 0 atom stereocenters. The zero-order valence-corrected chi connectivity index (χ0v) is 8.41. The SMILES string of the molecule is CSc1ccc(-c2cc(N)no2)nc1. The lowest BCUT2D eigenvalue weighted by molar-refractivity contribution is 0.434. The van der Waals surface area contributed by atoms with Gasteiger partial charge in [0.25, 0.3) is 0 Å². The minimum absolute atomic E-state index is 0.371. The third-order valence-corrected chi connectivity index (χ3v) is 2.47. The lowest BCUT2D eigenvalue weighted by atomic mass is 10.3. The van der Waals surface area contributed by atoms with Gasteiger partial charge >= 0.3 is 0 Å². The van der Waals surface area contributed by atoms with E-state index in [4.69, 9.17) is 10.3 Å². The van der Waals surface area contributed by atoms with Crippen LogP contribution in [0, 0.1) is 0 Å². The average Bonchev–Trinajstić information content (AvgIpc) is 2.65. The molecule has 0 unspecified atom stereocenters. The molecule has 14 heavy (non-hydrogen) atoms. The Bertz CT molecular complexity index is 424. The highest BCUT2D eigenvalue weighted by molar-refractivity contribution is 7.98. The van der Waals surface area contributed by atoms with Crippen LogP contribution in [0.4, 0.5) is 5.82 Å². The van der Waals surface area contributed by atoms with Gasteiger partial charge in [0.15, 0.2) is 11.6 Å². The molecule has 0 saturated carbocycles. The Kier molecular flexibility index (Phi) is 2.41. The number of thioether (sulfide) groups is 1. The van der Waals surface area contributed by atoms with Crippen molar-refractivity contribution in [3.05, 3.63) is 24.4 Å². The van der Waals surface area contributed by atoms with E-state index in [1.165, 1.54) is 0 Å². The first-order chi connectivity index (χ1) is 6.79. The van der Waals surface area contributed by atoms with Gasteiger partial charge < -0.3 is 10.3 Å². The number of rotatable bonds is 2. The summed E-state index contributed by atoms with van der Waals surface area (Å²) in [4.78, 5) is 5.34. The molecule has 0 fully saturated rings. The molecule has 2 N–H and O–H groups in total. The lowest BCUT2D eigenvalue weighted by Crippen LogP contribution is -1.81.